The number of carboxylic acid groups (broad SMARTS) is 1. The molecular weight excluding hydrogens is 344 g/mol. The first kappa shape index (κ1) is 20.2. The molecule has 2 aromatic rings. The third kappa shape index (κ3) is 5.95. The fraction of sp³-hybridized carbons (Fsp3) is 0.286. The lowest BCUT2D eigenvalue weighted by atomic mass is 10.0. The summed E-state index contributed by atoms with van der Waals surface area (Å²) in [5.74, 6) is -2.04. The minimum Gasteiger partial charge on any atom is -0.480 e. The van der Waals surface area contributed by atoms with Crippen LogP contribution >= 0.6 is 0 Å². The van der Waals surface area contributed by atoms with Crippen molar-refractivity contribution in [3.05, 3.63) is 71.8 Å². The number of hydrogen-bond acceptors (Lipinski definition) is 3. The largest absolute Gasteiger partial charge is 0.480 e. The number of benzene rings is 2. The summed E-state index contributed by atoms with van der Waals surface area (Å²) < 4.78 is 0. The lowest BCUT2D eigenvalue weighted by Crippen LogP contribution is -2.47. The maximum absolute atomic E-state index is 12.8. The van der Waals surface area contributed by atoms with Crippen molar-refractivity contribution in [3.63, 3.8) is 0 Å². The second-order valence-corrected chi connectivity index (χ2v) is 6.22. The molecule has 2 aromatic carbocycles. The summed E-state index contributed by atoms with van der Waals surface area (Å²) in [6, 6.07) is 15.4. The van der Waals surface area contributed by atoms with Crippen LogP contribution in [0.1, 0.15) is 48.1 Å². The number of carbonyl (C=O) groups excluding carboxylic acids is 2. The van der Waals surface area contributed by atoms with Gasteiger partial charge in [-0.15, -0.1) is 0 Å². The first-order valence-electron chi connectivity index (χ1n) is 8.97. The number of hydrogen-bond donors (Lipinski definition) is 3. The Bertz CT molecular complexity index is 762. The number of aliphatic carboxylic acids is 1. The fourth-order valence-corrected chi connectivity index (χ4v) is 2.67. The molecule has 0 spiro atoms. The van der Waals surface area contributed by atoms with Gasteiger partial charge in [-0.1, -0.05) is 68.3 Å². The van der Waals surface area contributed by atoms with Crippen LogP contribution < -0.4 is 10.6 Å². The predicted octanol–water partition coefficient (Wildman–Crippen LogP) is 2.92. The summed E-state index contributed by atoms with van der Waals surface area (Å²) in [7, 11) is 0. The van der Waals surface area contributed by atoms with Crippen LogP contribution in [0.5, 0.6) is 0 Å². The first-order chi connectivity index (χ1) is 13.0. The van der Waals surface area contributed by atoms with Crippen molar-refractivity contribution in [1.82, 2.24) is 10.6 Å². The van der Waals surface area contributed by atoms with Gasteiger partial charge in [-0.25, -0.2) is 4.79 Å². The molecule has 0 saturated carbocycles. The molecule has 2 atom stereocenters. The molecule has 27 heavy (non-hydrogen) atoms. The van der Waals surface area contributed by atoms with E-state index in [9.17, 15) is 19.5 Å². The minimum absolute atomic E-state index is 0.339. The third-order valence-electron chi connectivity index (χ3n) is 4.17. The monoisotopic (exact) mass is 368 g/mol. The maximum atomic E-state index is 12.8. The molecule has 0 aromatic heterocycles. The Morgan fingerprint density at radius 3 is 2.07 bits per heavy atom. The van der Waals surface area contributed by atoms with E-state index in [0.29, 0.717) is 24.0 Å². The standard InChI is InChI=1S/C21H24N2O4/c1-2-3-14-17(21(26)27)22-20(25)18(15-10-6-4-7-11-15)23-19(24)16-12-8-5-9-13-16/h4-13,17-18H,2-3,14H2,1H3,(H,22,25)(H,23,24)(H,26,27)/t17-,18?/m0/s1. The lowest BCUT2D eigenvalue weighted by molar-refractivity contribution is -0.142. The van der Waals surface area contributed by atoms with Gasteiger partial charge in [0.2, 0.25) is 5.91 Å². The van der Waals surface area contributed by atoms with Gasteiger partial charge in [-0.2, -0.15) is 0 Å². The minimum atomic E-state index is -1.09. The molecule has 0 aliphatic heterocycles. The van der Waals surface area contributed by atoms with Crippen LogP contribution in [0.15, 0.2) is 60.7 Å². The van der Waals surface area contributed by atoms with Crippen molar-refractivity contribution >= 4 is 17.8 Å². The van der Waals surface area contributed by atoms with Crippen LogP contribution in [0, 0.1) is 0 Å². The Morgan fingerprint density at radius 1 is 0.926 bits per heavy atom. The highest BCUT2D eigenvalue weighted by Crippen LogP contribution is 2.15. The van der Waals surface area contributed by atoms with Crippen molar-refractivity contribution in [2.45, 2.75) is 38.3 Å². The average molecular weight is 368 g/mol. The molecule has 0 fully saturated rings. The van der Waals surface area contributed by atoms with Gasteiger partial charge in [-0.3, -0.25) is 9.59 Å². The van der Waals surface area contributed by atoms with Gasteiger partial charge in [0.05, 0.1) is 0 Å². The van der Waals surface area contributed by atoms with E-state index in [2.05, 4.69) is 10.6 Å². The van der Waals surface area contributed by atoms with E-state index in [4.69, 9.17) is 0 Å². The zero-order valence-electron chi connectivity index (χ0n) is 15.2. The zero-order valence-corrected chi connectivity index (χ0v) is 15.2. The number of carbonyl (C=O) groups is 3. The molecule has 6 heteroatoms. The third-order valence-corrected chi connectivity index (χ3v) is 4.17. The SMILES string of the molecule is CCCC[C@H](NC(=O)C(NC(=O)c1ccccc1)c1ccccc1)C(=O)O. The van der Waals surface area contributed by atoms with Crippen LogP contribution in [0.3, 0.4) is 0 Å². The summed E-state index contributed by atoms with van der Waals surface area (Å²) in [5.41, 5.74) is 1.01. The smallest absolute Gasteiger partial charge is 0.326 e. The van der Waals surface area contributed by atoms with Crippen LogP contribution in [0.2, 0.25) is 0 Å². The summed E-state index contributed by atoms with van der Waals surface area (Å²) in [6.45, 7) is 1.95. The average Bonchev–Trinajstić information content (AvgIpc) is 2.70. The van der Waals surface area contributed by atoms with Gasteiger partial charge in [-0.05, 0) is 24.1 Å². The second-order valence-electron chi connectivity index (χ2n) is 6.22. The summed E-state index contributed by atoms with van der Waals surface area (Å²) in [5, 5.41) is 14.6. The van der Waals surface area contributed by atoms with Crippen molar-refractivity contribution in [1.29, 1.82) is 0 Å². The summed E-state index contributed by atoms with van der Waals surface area (Å²) in [4.78, 5) is 36.8. The molecule has 0 radical (unpaired) electrons. The van der Waals surface area contributed by atoms with Crippen molar-refractivity contribution < 1.29 is 19.5 Å². The van der Waals surface area contributed by atoms with Gasteiger partial charge in [0.25, 0.3) is 5.91 Å². The molecule has 1 unspecified atom stereocenters. The molecule has 3 N–H and O–H groups in total. The highest BCUT2D eigenvalue weighted by molar-refractivity contribution is 5.98. The van der Waals surface area contributed by atoms with Gasteiger partial charge in [0.1, 0.15) is 12.1 Å². The Hall–Kier alpha value is -3.15. The number of unbranched alkanes of at least 4 members (excludes halogenated alkanes) is 1. The van der Waals surface area contributed by atoms with Crippen LogP contribution in [-0.2, 0) is 9.59 Å². The highest BCUT2D eigenvalue weighted by atomic mass is 16.4. The van der Waals surface area contributed by atoms with Gasteiger partial charge in [0.15, 0.2) is 0 Å². The molecule has 0 saturated heterocycles. The van der Waals surface area contributed by atoms with Gasteiger partial charge >= 0.3 is 5.97 Å². The van der Waals surface area contributed by atoms with Crippen LogP contribution in [0.25, 0.3) is 0 Å². The summed E-state index contributed by atoms with van der Waals surface area (Å²) in [6.07, 6.45) is 1.85. The number of rotatable bonds is 9. The van der Waals surface area contributed by atoms with E-state index >= 15 is 0 Å². The Morgan fingerprint density at radius 2 is 1.52 bits per heavy atom. The van der Waals surface area contributed by atoms with E-state index in [1.807, 2.05) is 6.92 Å². The van der Waals surface area contributed by atoms with E-state index in [1.165, 1.54) is 0 Å². The molecule has 0 aliphatic carbocycles. The zero-order chi connectivity index (χ0) is 19.6. The molecule has 0 bridgehead atoms. The maximum Gasteiger partial charge on any atom is 0.326 e. The van der Waals surface area contributed by atoms with Crippen LogP contribution in [0.4, 0.5) is 0 Å². The van der Waals surface area contributed by atoms with Crippen molar-refractivity contribution in [2.75, 3.05) is 0 Å². The molecule has 0 heterocycles. The normalized spacial score (nSPS) is 12.6. The molecule has 0 aliphatic rings. The van der Waals surface area contributed by atoms with E-state index in [-0.39, 0.29) is 0 Å². The lowest BCUT2D eigenvalue weighted by Gasteiger charge is -2.22. The number of carboxylic acids is 1. The topological polar surface area (TPSA) is 95.5 Å². The molecule has 142 valence electrons. The van der Waals surface area contributed by atoms with E-state index < -0.39 is 29.9 Å². The van der Waals surface area contributed by atoms with Gasteiger partial charge in [0, 0.05) is 5.56 Å². The highest BCUT2D eigenvalue weighted by Gasteiger charge is 2.27. The van der Waals surface area contributed by atoms with E-state index in [1.54, 1.807) is 60.7 Å². The molecule has 6 nitrogen and oxygen atoms in total. The number of nitrogens with one attached hydrogen (secondary N) is 2. The Balaban J connectivity index is 2.20. The number of amides is 2. The fourth-order valence-electron chi connectivity index (χ4n) is 2.67. The Kier molecular flexibility index (Phi) is 7.55. The van der Waals surface area contributed by atoms with Crippen molar-refractivity contribution in [2.24, 2.45) is 0 Å². The second kappa shape index (κ2) is 10.1. The van der Waals surface area contributed by atoms with Crippen LogP contribution in [-0.4, -0.2) is 28.9 Å². The molecular formula is C21H24N2O4. The van der Waals surface area contributed by atoms with E-state index in [0.717, 1.165) is 6.42 Å². The quantitative estimate of drug-likeness (QED) is 0.634. The first-order valence-corrected chi connectivity index (χ1v) is 8.97. The van der Waals surface area contributed by atoms with Gasteiger partial charge < -0.3 is 15.7 Å². The summed E-state index contributed by atoms with van der Waals surface area (Å²) >= 11 is 0. The molecule has 2 rings (SSSR count). The Labute approximate surface area is 158 Å². The predicted molar refractivity (Wildman–Crippen MR) is 102 cm³/mol. The molecule has 2 amide bonds. The van der Waals surface area contributed by atoms with Crippen molar-refractivity contribution in [3.8, 4) is 0 Å².